The van der Waals surface area contributed by atoms with E-state index in [2.05, 4.69) is 12.2 Å². The highest BCUT2D eigenvalue weighted by Crippen LogP contribution is 2.13. The maximum absolute atomic E-state index is 11.1. The molecule has 0 saturated carbocycles. The zero-order valence-electron chi connectivity index (χ0n) is 14.9. The number of hydrogen-bond donors (Lipinski definition) is 2. The van der Waals surface area contributed by atoms with E-state index in [9.17, 15) is 4.79 Å². The molecule has 3 heteroatoms. The van der Waals surface area contributed by atoms with Crippen LogP contribution in [-0.2, 0) is 4.79 Å². The van der Waals surface area contributed by atoms with Gasteiger partial charge in [-0.05, 0) is 6.42 Å². The number of amides is 1. The van der Waals surface area contributed by atoms with Gasteiger partial charge in [0.15, 0.2) is 0 Å². The number of carbonyl (C=O) groups excluding carboxylic acids is 1. The molecule has 0 spiro atoms. The molecule has 22 heavy (non-hydrogen) atoms. The number of rotatable bonds is 17. The summed E-state index contributed by atoms with van der Waals surface area (Å²) in [5, 5.41) is 10.9. The van der Waals surface area contributed by atoms with Crippen LogP contribution in [0.3, 0.4) is 0 Å². The predicted octanol–water partition coefficient (Wildman–Crippen LogP) is 5.31. The molecule has 132 valence electrons. The summed E-state index contributed by atoms with van der Waals surface area (Å²) in [6.07, 6.45) is 20.6. The standard InChI is InChI=1S/C19H39NO2/c1-2-3-4-5-6-7-8-9-10-11-12-13-14-15-16-17-19(22)20-18-21/h21H,2-18H2,1H3,(H,20,22). The summed E-state index contributed by atoms with van der Waals surface area (Å²) in [6, 6.07) is 0. The van der Waals surface area contributed by atoms with Crippen molar-refractivity contribution in [2.24, 2.45) is 0 Å². The highest BCUT2D eigenvalue weighted by molar-refractivity contribution is 5.75. The first kappa shape index (κ1) is 21.4. The zero-order chi connectivity index (χ0) is 16.3. The van der Waals surface area contributed by atoms with Crippen LogP contribution >= 0.6 is 0 Å². The summed E-state index contributed by atoms with van der Waals surface area (Å²) >= 11 is 0. The number of hydrogen-bond acceptors (Lipinski definition) is 2. The van der Waals surface area contributed by atoms with Crippen molar-refractivity contribution >= 4 is 5.91 Å². The molecule has 0 aromatic carbocycles. The minimum Gasteiger partial charge on any atom is -0.377 e. The van der Waals surface area contributed by atoms with E-state index in [0.29, 0.717) is 6.42 Å². The molecule has 2 N–H and O–H groups in total. The van der Waals surface area contributed by atoms with Crippen molar-refractivity contribution in [2.45, 2.75) is 110 Å². The maximum atomic E-state index is 11.1. The van der Waals surface area contributed by atoms with Gasteiger partial charge in [-0.15, -0.1) is 0 Å². The third-order valence-electron chi connectivity index (χ3n) is 4.28. The molecule has 0 radical (unpaired) electrons. The smallest absolute Gasteiger partial charge is 0.221 e. The largest absolute Gasteiger partial charge is 0.377 e. The Bertz CT molecular complexity index is 231. The summed E-state index contributed by atoms with van der Waals surface area (Å²) < 4.78 is 0. The first-order valence-electron chi connectivity index (χ1n) is 9.68. The van der Waals surface area contributed by atoms with Gasteiger partial charge >= 0.3 is 0 Å². The molecule has 3 nitrogen and oxygen atoms in total. The number of unbranched alkanes of at least 4 members (excludes halogenated alkanes) is 14. The minimum absolute atomic E-state index is 0.0304. The Balaban J connectivity index is 3.01. The zero-order valence-corrected chi connectivity index (χ0v) is 14.9. The van der Waals surface area contributed by atoms with Gasteiger partial charge in [-0.1, -0.05) is 96.8 Å². The highest BCUT2D eigenvalue weighted by Gasteiger charge is 1.99. The fourth-order valence-electron chi connectivity index (χ4n) is 2.83. The topological polar surface area (TPSA) is 49.3 Å². The van der Waals surface area contributed by atoms with Gasteiger partial charge in [-0.2, -0.15) is 0 Å². The van der Waals surface area contributed by atoms with E-state index in [1.165, 1.54) is 83.5 Å². The Morgan fingerprint density at radius 2 is 1.05 bits per heavy atom. The highest BCUT2D eigenvalue weighted by atomic mass is 16.3. The molecule has 0 aliphatic rings. The molecule has 1 amide bonds. The summed E-state index contributed by atoms with van der Waals surface area (Å²) in [6.45, 7) is 2.03. The fraction of sp³-hybridized carbons (Fsp3) is 0.947. The van der Waals surface area contributed by atoms with Crippen LogP contribution in [0.5, 0.6) is 0 Å². The molecule has 0 unspecified atom stereocenters. The Kier molecular flexibility index (Phi) is 18.0. The van der Waals surface area contributed by atoms with E-state index in [1.54, 1.807) is 0 Å². The van der Waals surface area contributed by atoms with Crippen LogP contribution in [0, 0.1) is 0 Å². The second-order valence-electron chi connectivity index (χ2n) is 6.46. The Morgan fingerprint density at radius 3 is 1.41 bits per heavy atom. The minimum atomic E-state index is -0.239. The molecule has 0 atom stereocenters. The van der Waals surface area contributed by atoms with Gasteiger partial charge in [-0.25, -0.2) is 0 Å². The van der Waals surface area contributed by atoms with Crippen molar-refractivity contribution in [1.82, 2.24) is 5.32 Å². The lowest BCUT2D eigenvalue weighted by Crippen LogP contribution is -2.23. The van der Waals surface area contributed by atoms with E-state index >= 15 is 0 Å². The summed E-state index contributed by atoms with van der Waals surface area (Å²) in [5.74, 6) is -0.0304. The lowest BCUT2D eigenvalue weighted by molar-refractivity contribution is -0.122. The fourth-order valence-corrected chi connectivity index (χ4v) is 2.83. The molecule has 0 heterocycles. The van der Waals surface area contributed by atoms with Crippen molar-refractivity contribution in [2.75, 3.05) is 6.73 Å². The van der Waals surface area contributed by atoms with Gasteiger partial charge in [0.1, 0.15) is 6.73 Å². The number of nitrogens with one attached hydrogen (secondary N) is 1. The van der Waals surface area contributed by atoms with Gasteiger partial charge in [0, 0.05) is 6.42 Å². The number of aliphatic hydroxyl groups excluding tert-OH is 1. The molecule has 0 saturated heterocycles. The van der Waals surface area contributed by atoms with Crippen molar-refractivity contribution < 1.29 is 9.90 Å². The van der Waals surface area contributed by atoms with Gasteiger partial charge < -0.3 is 10.4 Å². The van der Waals surface area contributed by atoms with Crippen molar-refractivity contribution in [3.05, 3.63) is 0 Å². The van der Waals surface area contributed by atoms with Crippen LogP contribution in [0.15, 0.2) is 0 Å². The first-order chi connectivity index (χ1) is 10.8. The normalized spacial score (nSPS) is 10.8. The molecule has 0 aliphatic heterocycles. The second-order valence-corrected chi connectivity index (χ2v) is 6.46. The van der Waals surface area contributed by atoms with Crippen molar-refractivity contribution in [3.8, 4) is 0 Å². The van der Waals surface area contributed by atoms with E-state index in [-0.39, 0.29) is 12.6 Å². The first-order valence-corrected chi connectivity index (χ1v) is 9.68. The Labute approximate surface area is 138 Å². The van der Waals surface area contributed by atoms with Crippen LogP contribution in [0.1, 0.15) is 110 Å². The van der Waals surface area contributed by atoms with E-state index in [1.807, 2.05) is 0 Å². The third kappa shape index (κ3) is 17.5. The molecule has 0 fully saturated rings. The van der Waals surface area contributed by atoms with E-state index < -0.39 is 0 Å². The van der Waals surface area contributed by atoms with E-state index in [0.717, 1.165) is 12.8 Å². The van der Waals surface area contributed by atoms with Gasteiger partial charge in [0.2, 0.25) is 5.91 Å². The Morgan fingerprint density at radius 1 is 0.682 bits per heavy atom. The van der Waals surface area contributed by atoms with Gasteiger partial charge in [0.05, 0.1) is 0 Å². The van der Waals surface area contributed by atoms with Crippen LogP contribution in [0.4, 0.5) is 0 Å². The molecule has 0 aromatic heterocycles. The average molecular weight is 314 g/mol. The quantitative estimate of drug-likeness (QED) is 0.282. The third-order valence-corrected chi connectivity index (χ3v) is 4.28. The lowest BCUT2D eigenvalue weighted by Gasteiger charge is -2.03. The van der Waals surface area contributed by atoms with E-state index in [4.69, 9.17) is 5.11 Å². The molecule has 0 rings (SSSR count). The molecular formula is C19H39NO2. The van der Waals surface area contributed by atoms with Crippen LogP contribution in [-0.4, -0.2) is 17.7 Å². The van der Waals surface area contributed by atoms with Gasteiger partial charge in [-0.3, -0.25) is 4.79 Å². The monoisotopic (exact) mass is 313 g/mol. The summed E-state index contributed by atoms with van der Waals surface area (Å²) in [7, 11) is 0. The lowest BCUT2D eigenvalue weighted by atomic mass is 10.0. The summed E-state index contributed by atoms with van der Waals surface area (Å²) in [4.78, 5) is 11.1. The maximum Gasteiger partial charge on any atom is 0.221 e. The number of aliphatic hydroxyl groups is 1. The van der Waals surface area contributed by atoms with Crippen molar-refractivity contribution in [3.63, 3.8) is 0 Å². The Hall–Kier alpha value is -0.570. The van der Waals surface area contributed by atoms with Crippen molar-refractivity contribution in [1.29, 1.82) is 0 Å². The molecule has 0 aromatic rings. The second kappa shape index (κ2) is 18.5. The van der Waals surface area contributed by atoms with Crippen LogP contribution < -0.4 is 5.32 Å². The predicted molar refractivity (Wildman–Crippen MR) is 94.8 cm³/mol. The molecule has 0 aliphatic carbocycles. The molecular weight excluding hydrogens is 274 g/mol. The van der Waals surface area contributed by atoms with Crippen LogP contribution in [0.25, 0.3) is 0 Å². The number of carbonyl (C=O) groups is 1. The SMILES string of the molecule is CCCCCCCCCCCCCCCCCC(=O)NCO. The molecule has 0 bridgehead atoms. The summed E-state index contributed by atoms with van der Waals surface area (Å²) in [5.41, 5.74) is 0. The average Bonchev–Trinajstić information content (AvgIpc) is 2.51. The van der Waals surface area contributed by atoms with Gasteiger partial charge in [0.25, 0.3) is 0 Å². The van der Waals surface area contributed by atoms with Crippen LogP contribution in [0.2, 0.25) is 0 Å².